The fourth-order valence-electron chi connectivity index (χ4n) is 0.350. The number of carboxylic acids is 1. The van der Waals surface area contributed by atoms with Gasteiger partial charge in [0.05, 0.1) is 5.57 Å². The van der Waals surface area contributed by atoms with Crippen LogP contribution in [0, 0.1) is 0 Å². The first-order chi connectivity index (χ1) is 4.72. The third kappa shape index (κ3) is 2.81. The van der Waals surface area contributed by atoms with Crippen LogP contribution in [0.3, 0.4) is 0 Å². The minimum atomic E-state index is -1.01. The number of hydrogen-bond acceptors (Lipinski definition) is 2. The Morgan fingerprint density at radius 2 is 2.30 bits per heavy atom. The molecule has 0 atom stereocenters. The van der Waals surface area contributed by atoms with E-state index in [2.05, 4.69) is 11.6 Å². The lowest BCUT2D eigenvalue weighted by Gasteiger charge is -1.87. The molecule has 0 bridgehead atoms. The van der Waals surface area contributed by atoms with Crippen LogP contribution in [0.4, 0.5) is 0 Å². The average Bonchev–Trinajstić information content (AvgIpc) is 1.89. The van der Waals surface area contributed by atoms with Crippen LogP contribution < -0.4 is 0 Å². The molecular formula is C7H9NO2. The largest absolute Gasteiger partial charge is 0.478 e. The number of aliphatic imine (C=N–C) groups is 1. The monoisotopic (exact) mass is 139 g/mol. The van der Waals surface area contributed by atoms with E-state index in [1.54, 1.807) is 6.92 Å². The fourth-order valence-corrected chi connectivity index (χ4v) is 0.350. The number of carboxylic acid groups (broad SMARTS) is 1. The molecule has 10 heavy (non-hydrogen) atoms. The van der Waals surface area contributed by atoms with Crippen molar-refractivity contribution in [2.75, 3.05) is 0 Å². The van der Waals surface area contributed by atoms with E-state index in [0.717, 1.165) is 0 Å². The van der Waals surface area contributed by atoms with Gasteiger partial charge in [-0.15, -0.1) is 0 Å². The summed E-state index contributed by atoms with van der Waals surface area (Å²) in [4.78, 5) is 13.8. The Bertz CT molecular complexity index is 192. The van der Waals surface area contributed by atoms with Gasteiger partial charge < -0.3 is 5.11 Å². The quantitative estimate of drug-likeness (QED) is 0.363. The van der Waals surface area contributed by atoms with Gasteiger partial charge in [0.2, 0.25) is 0 Å². The third-order valence-electron chi connectivity index (χ3n) is 0.830. The van der Waals surface area contributed by atoms with Crippen LogP contribution >= 0.6 is 0 Å². The predicted octanol–water partition coefficient (Wildman–Crippen LogP) is 1.23. The SMILES string of the molecule is C=C/C(=C\N=C/C)C(=O)O. The zero-order chi connectivity index (χ0) is 7.98. The van der Waals surface area contributed by atoms with Crippen molar-refractivity contribution in [1.29, 1.82) is 0 Å². The van der Waals surface area contributed by atoms with E-state index in [1.165, 1.54) is 18.5 Å². The minimum Gasteiger partial charge on any atom is -0.478 e. The van der Waals surface area contributed by atoms with Crippen LogP contribution in [0.25, 0.3) is 0 Å². The highest BCUT2D eigenvalue weighted by molar-refractivity contribution is 5.89. The van der Waals surface area contributed by atoms with Gasteiger partial charge >= 0.3 is 5.97 Å². The summed E-state index contributed by atoms with van der Waals surface area (Å²) >= 11 is 0. The molecule has 0 unspecified atom stereocenters. The molecule has 3 heteroatoms. The summed E-state index contributed by atoms with van der Waals surface area (Å²) in [6.45, 7) is 5.02. The van der Waals surface area contributed by atoms with Crippen LogP contribution in [0.5, 0.6) is 0 Å². The van der Waals surface area contributed by atoms with Gasteiger partial charge in [0.1, 0.15) is 0 Å². The smallest absolute Gasteiger partial charge is 0.337 e. The summed E-state index contributed by atoms with van der Waals surface area (Å²) in [5.74, 6) is -1.01. The zero-order valence-corrected chi connectivity index (χ0v) is 5.74. The van der Waals surface area contributed by atoms with Crippen molar-refractivity contribution in [3.63, 3.8) is 0 Å². The van der Waals surface area contributed by atoms with Gasteiger partial charge in [-0.05, 0) is 6.92 Å². The molecule has 0 aromatic heterocycles. The molecule has 54 valence electrons. The van der Waals surface area contributed by atoms with E-state index in [4.69, 9.17) is 5.11 Å². The maximum atomic E-state index is 10.2. The summed E-state index contributed by atoms with van der Waals surface area (Å²) in [6, 6.07) is 0. The van der Waals surface area contributed by atoms with E-state index >= 15 is 0 Å². The molecule has 0 saturated heterocycles. The van der Waals surface area contributed by atoms with E-state index in [1.807, 2.05) is 0 Å². The molecule has 0 spiro atoms. The van der Waals surface area contributed by atoms with Crippen molar-refractivity contribution in [3.8, 4) is 0 Å². The molecule has 3 nitrogen and oxygen atoms in total. The topological polar surface area (TPSA) is 49.7 Å². The molecule has 0 rings (SSSR count). The second kappa shape index (κ2) is 4.49. The van der Waals surface area contributed by atoms with Crippen molar-refractivity contribution < 1.29 is 9.90 Å². The number of nitrogens with zero attached hydrogens (tertiary/aromatic N) is 1. The van der Waals surface area contributed by atoms with Crippen LogP contribution in [0.1, 0.15) is 6.92 Å². The highest BCUT2D eigenvalue weighted by atomic mass is 16.4. The maximum Gasteiger partial charge on any atom is 0.337 e. The molecule has 0 amide bonds. The van der Waals surface area contributed by atoms with Crippen LogP contribution in [0.2, 0.25) is 0 Å². The Kier molecular flexibility index (Phi) is 3.87. The summed E-state index contributed by atoms with van der Waals surface area (Å²) in [5, 5.41) is 8.39. The average molecular weight is 139 g/mol. The number of rotatable bonds is 3. The summed E-state index contributed by atoms with van der Waals surface area (Å²) in [7, 11) is 0. The minimum absolute atomic E-state index is 0.0955. The number of aliphatic carboxylic acids is 1. The highest BCUT2D eigenvalue weighted by Crippen LogP contribution is 1.94. The molecule has 0 radical (unpaired) electrons. The molecular weight excluding hydrogens is 130 g/mol. The normalized spacial score (nSPS) is 11.9. The van der Waals surface area contributed by atoms with E-state index in [0.29, 0.717) is 0 Å². The van der Waals surface area contributed by atoms with Crippen molar-refractivity contribution in [2.24, 2.45) is 4.99 Å². The molecule has 0 aromatic carbocycles. The number of carbonyl (C=O) groups is 1. The molecule has 0 aliphatic carbocycles. The highest BCUT2D eigenvalue weighted by Gasteiger charge is 1.98. The maximum absolute atomic E-state index is 10.2. The molecule has 1 N–H and O–H groups in total. The van der Waals surface area contributed by atoms with Gasteiger partial charge in [-0.3, -0.25) is 4.99 Å². The Labute approximate surface area is 59.4 Å². The molecule has 0 aromatic rings. The summed E-state index contributed by atoms with van der Waals surface area (Å²) in [6.07, 6.45) is 4.00. The Hall–Kier alpha value is -1.38. The van der Waals surface area contributed by atoms with E-state index < -0.39 is 5.97 Å². The first kappa shape index (κ1) is 8.62. The molecule has 0 saturated carbocycles. The molecule has 0 aliphatic rings. The second-order valence-corrected chi connectivity index (χ2v) is 1.50. The van der Waals surface area contributed by atoms with E-state index in [-0.39, 0.29) is 5.57 Å². The van der Waals surface area contributed by atoms with Gasteiger partial charge in [0, 0.05) is 12.4 Å². The lowest BCUT2D eigenvalue weighted by molar-refractivity contribution is -0.132. The van der Waals surface area contributed by atoms with Crippen LogP contribution in [-0.4, -0.2) is 17.3 Å². The molecule has 0 heterocycles. The third-order valence-corrected chi connectivity index (χ3v) is 0.830. The van der Waals surface area contributed by atoms with E-state index in [9.17, 15) is 4.79 Å². The number of hydrogen-bond donors (Lipinski definition) is 1. The first-order valence-corrected chi connectivity index (χ1v) is 2.76. The second-order valence-electron chi connectivity index (χ2n) is 1.50. The standard InChI is InChI=1S/C7H9NO2/c1-3-6(7(9)10)5-8-4-2/h3-5H,1H2,2H3,(H,9,10)/b6-5+,8-4-. The van der Waals surface area contributed by atoms with Gasteiger partial charge in [-0.1, -0.05) is 12.7 Å². The first-order valence-electron chi connectivity index (χ1n) is 2.76. The summed E-state index contributed by atoms with van der Waals surface area (Å²) in [5.41, 5.74) is 0.0955. The fraction of sp³-hybridized carbons (Fsp3) is 0.143. The Morgan fingerprint density at radius 3 is 2.60 bits per heavy atom. The van der Waals surface area contributed by atoms with Crippen LogP contribution in [0.15, 0.2) is 29.4 Å². The molecule has 0 aliphatic heterocycles. The lowest BCUT2D eigenvalue weighted by atomic mass is 10.3. The Balaban J connectivity index is 4.33. The van der Waals surface area contributed by atoms with Gasteiger partial charge in [-0.2, -0.15) is 0 Å². The summed E-state index contributed by atoms with van der Waals surface area (Å²) < 4.78 is 0. The Morgan fingerprint density at radius 1 is 1.70 bits per heavy atom. The van der Waals surface area contributed by atoms with Crippen molar-refractivity contribution in [3.05, 3.63) is 24.4 Å². The van der Waals surface area contributed by atoms with Crippen LogP contribution in [-0.2, 0) is 4.79 Å². The predicted molar refractivity (Wildman–Crippen MR) is 40.1 cm³/mol. The van der Waals surface area contributed by atoms with Gasteiger partial charge in [0.15, 0.2) is 0 Å². The van der Waals surface area contributed by atoms with Gasteiger partial charge in [0.25, 0.3) is 0 Å². The van der Waals surface area contributed by atoms with Crippen molar-refractivity contribution >= 4 is 12.2 Å². The lowest BCUT2D eigenvalue weighted by Crippen LogP contribution is -1.95. The van der Waals surface area contributed by atoms with Crippen molar-refractivity contribution in [2.45, 2.75) is 6.92 Å². The van der Waals surface area contributed by atoms with Gasteiger partial charge in [-0.25, -0.2) is 4.79 Å². The van der Waals surface area contributed by atoms with Crippen molar-refractivity contribution in [1.82, 2.24) is 0 Å². The molecule has 0 fully saturated rings. The zero-order valence-electron chi connectivity index (χ0n) is 5.74.